The molecule has 0 aromatic carbocycles. The number of pyridine rings is 1. The van der Waals surface area contributed by atoms with Gasteiger partial charge < -0.3 is 5.73 Å². The van der Waals surface area contributed by atoms with Gasteiger partial charge in [-0.2, -0.15) is 13.2 Å². The Morgan fingerprint density at radius 1 is 1.38 bits per heavy atom. The molecule has 2 nitrogen and oxygen atoms in total. The van der Waals surface area contributed by atoms with Gasteiger partial charge in [0, 0.05) is 6.54 Å². The van der Waals surface area contributed by atoms with E-state index >= 15 is 0 Å². The Bertz CT molecular complexity index is 391. The summed E-state index contributed by atoms with van der Waals surface area (Å²) in [6.45, 7) is -0.465. The Kier molecular flexibility index (Phi) is 4.05. The lowest BCUT2D eigenvalue weighted by Crippen LogP contribution is -2.16. The van der Waals surface area contributed by atoms with Crippen molar-refractivity contribution in [2.45, 2.75) is 19.1 Å². The van der Waals surface area contributed by atoms with Gasteiger partial charge in [-0.05, 0) is 34.2 Å². The maximum Gasteiger partial charge on any atom is 0.419 e. The fourth-order valence-electron chi connectivity index (χ4n) is 1.16. The van der Waals surface area contributed by atoms with Crippen molar-refractivity contribution in [3.05, 3.63) is 26.6 Å². The number of hydrogen-bond acceptors (Lipinski definition) is 2. The first-order valence-electron chi connectivity index (χ1n) is 4.02. The largest absolute Gasteiger partial charge is 0.419 e. The number of rotatable bonds is 2. The second-order valence-corrected chi connectivity index (χ2v) is 3.90. The topological polar surface area (TPSA) is 38.9 Å². The Labute approximate surface area is 101 Å². The van der Waals surface area contributed by atoms with E-state index in [4.69, 9.17) is 5.73 Å². The number of aromatic nitrogens is 1. The van der Waals surface area contributed by atoms with Crippen LogP contribution in [0.3, 0.4) is 0 Å². The zero-order valence-corrected chi connectivity index (χ0v) is 9.81. The van der Waals surface area contributed by atoms with Gasteiger partial charge in [0.15, 0.2) is 0 Å². The van der Waals surface area contributed by atoms with E-state index in [2.05, 4.69) is 4.98 Å². The van der Waals surface area contributed by atoms with Crippen LogP contribution in [0.5, 0.6) is 0 Å². The molecular weight excluding hydrogens is 346 g/mol. The minimum Gasteiger partial charge on any atom is -0.326 e. The molecule has 8 heteroatoms. The van der Waals surface area contributed by atoms with E-state index in [0.717, 1.165) is 0 Å². The maximum absolute atomic E-state index is 12.5. The van der Waals surface area contributed by atoms with Gasteiger partial charge in [0.2, 0.25) is 0 Å². The zero-order chi connectivity index (χ0) is 12.5. The van der Waals surface area contributed by atoms with Crippen molar-refractivity contribution in [1.29, 1.82) is 0 Å². The average Bonchev–Trinajstić information content (AvgIpc) is 2.14. The summed E-state index contributed by atoms with van der Waals surface area (Å²) in [4.78, 5) is 3.21. The quantitative estimate of drug-likeness (QED) is 0.505. The van der Waals surface area contributed by atoms with E-state index in [-0.39, 0.29) is 5.56 Å². The van der Waals surface area contributed by atoms with E-state index in [9.17, 15) is 22.0 Å². The molecule has 0 aliphatic carbocycles. The predicted molar refractivity (Wildman–Crippen MR) is 54.8 cm³/mol. The third-order valence-electron chi connectivity index (χ3n) is 1.80. The third-order valence-corrected chi connectivity index (χ3v) is 2.58. The molecule has 0 aliphatic heterocycles. The molecular formula is C8H6F5IN2. The molecule has 0 amide bonds. The van der Waals surface area contributed by atoms with Gasteiger partial charge in [0.25, 0.3) is 6.43 Å². The highest BCUT2D eigenvalue weighted by Gasteiger charge is 2.37. The van der Waals surface area contributed by atoms with Crippen molar-refractivity contribution in [1.82, 2.24) is 4.98 Å². The normalized spacial score (nSPS) is 12.2. The maximum atomic E-state index is 12.5. The molecule has 0 unspecified atom stereocenters. The van der Waals surface area contributed by atoms with Crippen molar-refractivity contribution < 1.29 is 22.0 Å². The van der Waals surface area contributed by atoms with Crippen LogP contribution >= 0.6 is 22.6 Å². The summed E-state index contributed by atoms with van der Waals surface area (Å²) in [7, 11) is 0. The Morgan fingerprint density at radius 2 is 1.94 bits per heavy atom. The molecule has 0 atom stereocenters. The molecule has 1 rings (SSSR count). The fourth-order valence-corrected chi connectivity index (χ4v) is 2.09. The van der Waals surface area contributed by atoms with Crippen molar-refractivity contribution in [3.63, 3.8) is 0 Å². The molecule has 0 aliphatic rings. The lowest BCUT2D eigenvalue weighted by atomic mass is 10.1. The first kappa shape index (κ1) is 13.6. The second kappa shape index (κ2) is 4.78. The van der Waals surface area contributed by atoms with Crippen LogP contribution in [-0.4, -0.2) is 4.98 Å². The highest BCUT2D eigenvalue weighted by Crippen LogP contribution is 2.36. The SMILES string of the molecule is NCc1cc(C(F)F)nc(I)c1C(F)(F)F. The van der Waals surface area contributed by atoms with Crippen LogP contribution in [0.2, 0.25) is 0 Å². The molecule has 2 N–H and O–H groups in total. The van der Waals surface area contributed by atoms with Gasteiger partial charge in [0.05, 0.1) is 5.56 Å². The molecule has 0 bridgehead atoms. The highest BCUT2D eigenvalue weighted by molar-refractivity contribution is 14.1. The molecule has 1 aromatic rings. The summed E-state index contributed by atoms with van der Waals surface area (Å²) >= 11 is 1.27. The summed E-state index contributed by atoms with van der Waals surface area (Å²) in [5, 5.41) is 0. The highest BCUT2D eigenvalue weighted by atomic mass is 127. The summed E-state index contributed by atoms with van der Waals surface area (Å²) in [6.07, 6.45) is -7.56. The minimum atomic E-state index is -4.64. The molecule has 0 fully saturated rings. The van der Waals surface area contributed by atoms with Gasteiger partial charge in [-0.15, -0.1) is 0 Å². The average molecular weight is 352 g/mol. The summed E-state index contributed by atoms with van der Waals surface area (Å²) in [5.41, 5.74) is 3.00. The Balaban J connectivity index is 3.41. The van der Waals surface area contributed by atoms with Crippen LogP contribution in [-0.2, 0) is 12.7 Å². The van der Waals surface area contributed by atoms with Crippen LogP contribution in [0.1, 0.15) is 23.2 Å². The molecule has 0 spiro atoms. The van der Waals surface area contributed by atoms with Gasteiger partial charge in [-0.3, -0.25) is 0 Å². The van der Waals surface area contributed by atoms with Crippen LogP contribution in [0.4, 0.5) is 22.0 Å². The number of nitrogens with two attached hydrogens (primary N) is 1. The Hall–Kier alpha value is -0.510. The number of hydrogen-bond donors (Lipinski definition) is 1. The van der Waals surface area contributed by atoms with Crippen molar-refractivity contribution >= 4 is 22.6 Å². The van der Waals surface area contributed by atoms with Gasteiger partial charge in [-0.25, -0.2) is 13.8 Å². The summed E-state index contributed by atoms with van der Waals surface area (Å²) < 4.78 is 61.7. The first-order chi connectivity index (χ1) is 7.27. The van der Waals surface area contributed by atoms with E-state index in [1.54, 1.807) is 0 Å². The second-order valence-electron chi connectivity index (χ2n) is 2.87. The number of nitrogens with zero attached hydrogens (tertiary/aromatic N) is 1. The Morgan fingerprint density at radius 3 is 2.31 bits per heavy atom. The fraction of sp³-hybridized carbons (Fsp3) is 0.375. The molecule has 1 aromatic heterocycles. The monoisotopic (exact) mass is 352 g/mol. The van der Waals surface area contributed by atoms with Crippen molar-refractivity contribution in [3.8, 4) is 0 Å². The zero-order valence-electron chi connectivity index (χ0n) is 7.65. The molecule has 16 heavy (non-hydrogen) atoms. The van der Waals surface area contributed by atoms with E-state index < -0.39 is 34.1 Å². The molecule has 0 radical (unpaired) electrons. The summed E-state index contributed by atoms with van der Waals surface area (Å²) in [5.74, 6) is 0. The minimum absolute atomic E-state index is 0.373. The van der Waals surface area contributed by atoms with Crippen LogP contribution in [0.15, 0.2) is 6.07 Å². The smallest absolute Gasteiger partial charge is 0.326 e. The molecule has 90 valence electrons. The lowest BCUT2D eigenvalue weighted by Gasteiger charge is -2.14. The third kappa shape index (κ3) is 2.78. The standard InChI is InChI=1S/C8H6F5IN2/c9-6(10)4-1-3(2-15)5(7(14)16-4)8(11,12)13/h1,6H,2,15H2. The molecule has 0 saturated heterocycles. The van der Waals surface area contributed by atoms with E-state index in [1.807, 2.05) is 0 Å². The summed E-state index contributed by atoms with van der Waals surface area (Å²) in [6, 6.07) is 0.690. The van der Waals surface area contributed by atoms with Crippen molar-refractivity contribution in [2.75, 3.05) is 0 Å². The predicted octanol–water partition coefficient (Wildman–Crippen LogP) is 3.10. The lowest BCUT2D eigenvalue weighted by molar-refractivity contribution is -0.139. The van der Waals surface area contributed by atoms with Gasteiger partial charge in [0.1, 0.15) is 9.39 Å². The number of halogens is 6. The van der Waals surface area contributed by atoms with Gasteiger partial charge >= 0.3 is 6.18 Å². The van der Waals surface area contributed by atoms with Crippen LogP contribution < -0.4 is 5.73 Å². The first-order valence-corrected chi connectivity index (χ1v) is 5.10. The van der Waals surface area contributed by atoms with E-state index in [1.165, 1.54) is 22.6 Å². The van der Waals surface area contributed by atoms with E-state index in [0.29, 0.717) is 6.07 Å². The molecule has 1 heterocycles. The van der Waals surface area contributed by atoms with Crippen molar-refractivity contribution in [2.24, 2.45) is 5.73 Å². The van der Waals surface area contributed by atoms with Crippen LogP contribution in [0.25, 0.3) is 0 Å². The van der Waals surface area contributed by atoms with Gasteiger partial charge in [-0.1, -0.05) is 0 Å². The number of alkyl halides is 5. The van der Waals surface area contributed by atoms with Crippen LogP contribution in [0, 0.1) is 3.70 Å². The molecule has 0 saturated carbocycles.